The highest BCUT2D eigenvalue weighted by Crippen LogP contribution is 2.24. The lowest BCUT2D eigenvalue weighted by Gasteiger charge is -2.34. The van der Waals surface area contributed by atoms with Gasteiger partial charge in [-0.3, -0.25) is 14.4 Å². The number of esters is 1. The standard InChI is InChI=1S/C20H28N2O5S/c1-4-27-20(25)15-6-5-11-22(12-15)19(24)18(21-14(2)23)13-28-17-9-7-16(26-3)8-10-17/h7-10,15,18H,4-6,11-13H2,1-3H3,(H,21,23). The molecule has 0 radical (unpaired) electrons. The summed E-state index contributed by atoms with van der Waals surface area (Å²) in [5, 5.41) is 2.75. The maximum atomic E-state index is 13.0. The summed E-state index contributed by atoms with van der Waals surface area (Å²) in [5.41, 5.74) is 0. The Morgan fingerprint density at radius 1 is 1.29 bits per heavy atom. The van der Waals surface area contributed by atoms with Gasteiger partial charge in [-0.25, -0.2) is 0 Å². The van der Waals surface area contributed by atoms with Gasteiger partial charge in [0.25, 0.3) is 0 Å². The lowest BCUT2D eigenvalue weighted by atomic mass is 9.97. The molecule has 1 heterocycles. The number of thioether (sulfide) groups is 1. The molecule has 8 heteroatoms. The topological polar surface area (TPSA) is 84.9 Å². The van der Waals surface area contributed by atoms with Crippen LogP contribution in [0.5, 0.6) is 5.75 Å². The van der Waals surface area contributed by atoms with Gasteiger partial charge in [-0.2, -0.15) is 0 Å². The highest BCUT2D eigenvalue weighted by molar-refractivity contribution is 7.99. The Kier molecular flexibility index (Phi) is 8.63. The van der Waals surface area contributed by atoms with E-state index in [4.69, 9.17) is 9.47 Å². The summed E-state index contributed by atoms with van der Waals surface area (Å²) in [6.45, 7) is 4.41. The van der Waals surface area contributed by atoms with Crippen molar-refractivity contribution in [3.05, 3.63) is 24.3 Å². The van der Waals surface area contributed by atoms with E-state index in [0.29, 0.717) is 31.9 Å². The van der Waals surface area contributed by atoms with Crippen LogP contribution in [0, 0.1) is 5.92 Å². The van der Waals surface area contributed by atoms with Crippen molar-refractivity contribution in [2.24, 2.45) is 5.92 Å². The predicted octanol–water partition coefficient (Wildman–Crippen LogP) is 2.09. The molecule has 2 atom stereocenters. The normalized spacial score (nSPS) is 17.5. The fourth-order valence-electron chi connectivity index (χ4n) is 3.12. The second-order valence-electron chi connectivity index (χ2n) is 6.62. The van der Waals surface area contributed by atoms with E-state index in [-0.39, 0.29) is 23.7 Å². The van der Waals surface area contributed by atoms with Crippen molar-refractivity contribution >= 4 is 29.5 Å². The minimum atomic E-state index is -0.648. The Labute approximate surface area is 170 Å². The maximum absolute atomic E-state index is 13.0. The number of carbonyl (C=O) groups is 3. The Hall–Kier alpha value is -2.22. The SMILES string of the molecule is CCOC(=O)C1CCCN(C(=O)C(CSc2ccc(OC)cc2)NC(C)=O)C1. The molecule has 1 fully saturated rings. The van der Waals surface area contributed by atoms with Gasteiger partial charge in [0.1, 0.15) is 11.8 Å². The van der Waals surface area contributed by atoms with Crippen LogP contribution >= 0.6 is 11.8 Å². The number of rotatable bonds is 8. The van der Waals surface area contributed by atoms with E-state index in [1.54, 1.807) is 18.9 Å². The smallest absolute Gasteiger partial charge is 0.310 e. The van der Waals surface area contributed by atoms with Gasteiger partial charge in [0, 0.05) is 30.7 Å². The molecule has 154 valence electrons. The van der Waals surface area contributed by atoms with Crippen LogP contribution in [0.1, 0.15) is 26.7 Å². The number of nitrogens with zero attached hydrogens (tertiary/aromatic N) is 1. The molecule has 1 aliphatic rings. The largest absolute Gasteiger partial charge is 0.497 e. The van der Waals surface area contributed by atoms with Gasteiger partial charge >= 0.3 is 5.97 Å². The molecule has 0 aromatic heterocycles. The average Bonchev–Trinajstić information content (AvgIpc) is 2.71. The molecular weight excluding hydrogens is 380 g/mol. The van der Waals surface area contributed by atoms with Crippen molar-refractivity contribution in [3.63, 3.8) is 0 Å². The van der Waals surface area contributed by atoms with Gasteiger partial charge in [-0.1, -0.05) is 0 Å². The highest BCUT2D eigenvalue weighted by Gasteiger charge is 2.32. The average molecular weight is 409 g/mol. The zero-order chi connectivity index (χ0) is 20.5. The zero-order valence-electron chi connectivity index (χ0n) is 16.6. The Morgan fingerprint density at radius 3 is 2.61 bits per heavy atom. The molecular formula is C20H28N2O5S. The quantitative estimate of drug-likeness (QED) is 0.524. The van der Waals surface area contributed by atoms with Crippen molar-refractivity contribution in [1.82, 2.24) is 10.2 Å². The molecule has 2 rings (SSSR count). The number of nitrogens with one attached hydrogen (secondary N) is 1. The predicted molar refractivity (Wildman–Crippen MR) is 107 cm³/mol. The van der Waals surface area contributed by atoms with E-state index < -0.39 is 6.04 Å². The van der Waals surface area contributed by atoms with Crippen LogP contribution in [-0.2, 0) is 19.1 Å². The van der Waals surface area contributed by atoms with Crippen molar-refractivity contribution in [1.29, 1.82) is 0 Å². The van der Waals surface area contributed by atoms with Crippen LogP contribution < -0.4 is 10.1 Å². The monoisotopic (exact) mass is 408 g/mol. The van der Waals surface area contributed by atoms with Gasteiger partial charge in [0.15, 0.2) is 0 Å². The van der Waals surface area contributed by atoms with Crippen molar-refractivity contribution in [2.75, 3.05) is 32.6 Å². The van der Waals surface area contributed by atoms with E-state index in [0.717, 1.165) is 17.1 Å². The fraction of sp³-hybridized carbons (Fsp3) is 0.550. The second-order valence-corrected chi connectivity index (χ2v) is 7.71. The molecule has 0 spiro atoms. The van der Waals surface area contributed by atoms with Crippen LogP contribution in [0.3, 0.4) is 0 Å². The third-order valence-corrected chi connectivity index (χ3v) is 5.61. The molecule has 0 aliphatic carbocycles. The molecule has 1 saturated heterocycles. The molecule has 7 nitrogen and oxygen atoms in total. The molecule has 1 aromatic carbocycles. The van der Waals surface area contributed by atoms with Crippen LogP contribution in [-0.4, -0.2) is 61.3 Å². The molecule has 1 aliphatic heterocycles. The Balaban J connectivity index is 2.00. The van der Waals surface area contributed by atoms with Gasteiger partial charge in [0.05, 0.1) is 19.6 Å². The first-order valence-corrected chi connectivity index (χ1v) is 10.4. The first-order valence-electron chi connectivity index (χ1n) is 9.44. The number of hydrogen-bond donors (Lipinski definition) is 1. The van der Waals surface area contributed by atoms with Crippen molar-refractivity contribution < 1.29 is 23.9 Å². The Bertz CT molecular complexity index is 680. The number of piperidine rings is 1. The number of ether oxygens (including phenoxy) is 2. The van der Waals surface area contributed by atoms with E-state index in [1.807, 2.05) is 24.3 Å². The van der Waals surface area contributed by atoms with Crippen LogP contribution in [0.4, 0.5) is 0 Å². The summed E-state index contributed by atoms with van der Waals surface area (Å²) in [5.74, 6) is 0.189. The van der Waals surface area contributed by atoms with Crippen LogP contribution in [0.25, 0.3) is 0 Å². The third-order valence-electron chi connectivity index (χ3n) is 4.50. The molecule has 28 heavy (non-hydrogen) atoms. The van der Waals surface area contributed by atoms with Gasteiger partial charge in [-0.05, 0) is 44.0 Å². The molecule has 1 aromatic rings. The lowest BCUT2D eigenvalue weighted by molar-refractivity contribution is -0.151. The van der Waals surface area contributed by atoms with Gasteiger partial charge in [-0.15, -0.1) is 11.8 Å². The molecule has 0 bridgehead atoms. The van der Waals surface area contributed by atoms with E-state index >= 15 is 0 Å². The summed E-state index contributed by atoms with van der Waals surface area (Å²) in [7, 11) is 1.61. The van der Waals surface area contributed by atoms with E-state index in [9.17, 15) is 14.4 Å². The second kappa shape index (κ2) is 10.9. The molecule has 0 saturated carbocycles. The molecule has 2 unspecified atom stereocenters. The first-order chi connectivity index (χ1) is 13.4. The van der Waals surface area contributed by atoms with Gasteiger partial charge in [0.2, 0.25) is 11.8 Å². The Morgan fingerprint density at radius 2 is 2.00 bits per heavy atom. The van der Waals surface area contributed by atoms with Crippen LogP contribution in [0.15, 0.2) is 29.2 Å². The summed E-state index contributed by atoms with van der Waals surface area (Å²) >= 11 is 1.49. The lowest BCUT2D eigenvalue weighted by Crippen LogP contribution is -2.52. The number of amides is 2. The number of hydrogen-bond acceptors (Lipinski definition) is 6. The first kappa shape index (κ1) is 22.1. The fourth-order valence-corrected chi connectivity index (χ4v) is 4.04. The van der Waals surface area contributed by atoms with Crippen molar-refractivity contribution in [3.8, 4) is 5.75 Å². The molecule has 2 amide bonds. The summed E-state index contributed by atoms with van der Waals surface area (Å²) in [4.78, 5) is 39.3. The van der Waals surface area contributed by atoms with Gasteiger partial charge < -0.3 is 19.7 Å². The maximum Gasteiger partial charge on any atom is 0.310 e. The number of carbonyl (C=O) groups excluding carboxylic acids is 3. The minimum absolute atomic E-state index is 0.162. The van der Waals surface area contributed by atoms with Crippen molar-refractivity contribution in [2.45, 2.75) is 37.6 Å². The minimum Gasteiger partial charge on any atom is -0.497 e. The van der Waals surface area contributed by atoms with Crippen LogP contribution in [0.2, 0.25) is 0 Å². The summed E-state index contributed by atoms with van der Waals surface area (Å²) < 4.78 is 10.2. The number of benzene rings is 1. The third kappa shape index (κ3) is 6.44. The number of methoxy groups -OCH3 is 1. The van der Waals surface area contributed by atoms with E-state index in [2.05, 4.69) is 5.32 Å². The number of likely N-dealkylation sites (tertiary alicyclic amines) is 1. The summed E-state index contributed by atoms with van der Waals surface area (Å²) in [6, 6.07) is 6.89. The summed E-state index contributed by atoms with van der Waals surface area (Å²) in [6.07, 6.45) is 1.46. The van der Waals surface area contributed by atoms with E-state index in [1.165, 1.54) is 18.7 Å². The highest BCUT2D eigenvalue weighted by atomic mass is 32.2. The zero-order valence-corrected chi connectivity index (χ0v) is 17.4. The molecule has 1 N–H and O–H groups in total.